The number of nitriles is 1. The third kappa shape index (κ3) is 7.77. The number of esters is 1. The molecular weight excluding hydrogens is 602 g/mol. The molecule has 3 aliphatic heterocycles. The molecule has 0 radical (unpaired) electrons. The third-order valence-corrected chi connectivity index (χ3v) is 16.8. The topological polar surface area (TPSA) is 113 Å². The molecule has 3 aliphatic rings. The molecule has 3 saturated heterocycles. The third-order valence-electron chi connectivity index (χ3n) is 10.7. The summed E-state index contributed by atoms with van der Waals surface area (Å²) in [6, 6.07) is 11.3. The Morgan fingerprint density at radius 3 is 2.20 bits per heavy atom. The van der Waals surface area contributed by atoms with Crippen LogP contribution in [0.1, 0.15) is 97.3 Å². The zero-order chi connectivity index (χ0) is 33.6. The van der Waals surface area contributed by atoms with Gasteiger partial charge in [-0.2, -0.15) is 5.26 Å². The molecule has 46 heavy (non-hydrogen) atoms. The molecule has 0 amide bonds. The van der Waals surface area contributed by atoms with E-state index in [1.54, 1.807) is 31.4 Å². The largest absolute Gasteiger partial charge is 0.455 e. The van der Waals surface area contributed by atoms with Crippen LogP contribution in [0.4, 0.5) is 0 Å². The maximum absolute atomic E-state index is 13.6. The first-order chi connectivity index (χ1) is 21.9. The van der Waals surface area contributed by atoms with Crippen LogP contribution in [0.15, 0.2) is 30.3 Å². The van der Waals surface area contributed by atoms with E-state index in [2.05, 4.69) is 47.6 Å². The Bertz CT molecular complexity index is 1170. The van der Waals surface area contributed by atoms with Crippen molar-refractivity contribution in [2.24, 2.45) is 5.92 Å². The van der Waals surface area contributed by atoms with Gasteiger partial charge in [-0.1, -0.05) is 59.7 Å². The van der Waals surface area contributed by atoms with Crippen LogP contribution in [0.3, 0.4) is 0 Å². The molecule has 1 aromatic carbocycles. The maximum atomic E-state index is 13.6. The van der Waals surface area contributed by atoms with E-state index in [-0.39, 0.29) is 47.3 Å². The standard InChI is InChI=1S/C36H55NO8Si/c1-23(2)46(24(3)4,25(5)6)45-33(16-17-37)36(7)34(43-35(39)27-12-10-9-11-13-27)20-31-32(44-36)19-26(21-38)18-30-29(42-31)15-14-28(41-30)22-40-8/h9-13,21,23-26,28-34H,14-16,18-20,22H2,1-8H3/t26-,28+,29-,30+,31+,32-,33-,34-,36+/m1/s1. The predicted octanol–water partition coefficient (Wildman–Crippen LogP) is 6.79. The van der Waals surface area contributed by atoms with Crippen LogP contribution in [0.2, 0.25) is 16.6 Å². The number of carbonyl (C=O) groups is 2. The minimum atomic E-state index is -2.50. The molecule has 10 heteroatoms. The molecule has 0 unspecified atom stereocenters. The van der Waals surface area contributed by atoms with Crippen LogP contribution >= 0.6 is 0 Å². The van der Waals surface area contributed by atoms with Crippen LogP contribution in [0, 0.1) is 17.2 Å². The average Bonchev–Trinajstić information content (AvgIpc) is 3.01. The zero-order valence-electron chi connectivity index (χ0n) is 29.0. The number of nitrogens with zero attached hydrogens (tertiary/aromatic N) is 1. The first-order valence-corrected chi connectivity index (χ1v) is 19.3. The summed E-state index contributed by atoms with van der Waals surface area (Å²) in [5.74, 6) is -0.767. The van der Waals surface area contributed by atoms with Gasteiger partial charge in [-0.3, -0.25) is 0 Å². The van der Waals surface area contributed by atoms with Crippen molar-refractivity contribution in [3.63, 3.8) is 0 Å². The Morgan fingerprint density at radius 2 is 1.61 bits per heavy atom. The number of carbonyl (C=O) groups excluding carboxylic acids is 2. The molecule has 0 spiro atoms. The van der Waals surface area contributed by atoms with Gasteiger partial charge in [-0.25, -0.2) is 4.79 Å². The first-order valence-electron chi connectivity index (χ1n) is 17.1. The highest BCUT2D eigenvalue weighted by molar-refractivity contribution is 6.77. The summed E-state index contributed by atoms with van der Waals surface area (Å²) in [6.45, 7) is 15.7. The van der Waals surface area contributed by atoms with Crippen molar-refractivity contribution in [1.29, 1.82) is 5.26 Å². The molecule has 0 N–H and O–H groups in total. The van der Waals surface area contributed by atoms with Crippen LogP contribution < -0.4 is 0 Å². The van der Waals surface area contributed by atoms with Crippen molar-refractivity contribution in [1.82, 2.24) is 0 Å². The Morgan fingerprint density at radius 1 is 0.978 bits per heavy atom. The molecule has 0 bridgehead atoms. The van der Waals surface area contributed by atoms with E-state index >= 15 is 0 Å². The normalized spacial score (nSPS) is 32.5. The van der Waals surface area contributed by atoms with E-state index in [1.165, 1.54) is 0 Å². The second-order valence-corrected chi connectivity index (χ2v) is 19.9. The molecule has 0 saturated carbocycles. The zero-order valence-corrected chi connectivity index (χ0v) is 30.0. The second-order valence-electron chi connectivity index (χ2n) is 14.5. The minimum Gasteiger partial charge on any atom is -0.455 e. The molecule has 4 rings (SSSR count). The molecule has 1 aromatic rings. The summed E-state index contributed by atoms with van der Waals surface area (Å²) in [5.41, 5.74) is 0.0830. The van der Waals surface area contributed by atoms with E-state index in [9.17, 15) is 14.9 Å². The highest BCUT2D eigenvalue weighted by Gasteiger charge is 2.58. The fourth-order valence-corrected chi connectivity index (χ4v) is 14.0. The number of rotatable bonds is 12. The second kappa shape index (κ2) is 15.8. The first kappa shape index (κ1) is 36.7. The number of fused-ring (bicyclic) bond motifs is 2. The summed E-state index contributed by atoms with van der Waals surface area (Å²) in [7, 11) is -0.835. The SMILES string of the molecule is COC[C@@H]1CC[C@H]2O[C@H]3C[C@@H](OC(=O)c4ccccc4)[C@](C)([C@@H](CC#N)O[Si](C(C)C)(C(C)C)C(C)C)O[C@@H]3C[C@H](C=O)C[C@@H]2O1. The maximum Gasteiger partial charge on any atom is 0.338 e. The van der Waals surface area contributed by atoms with Crippen molar-refractivity contribution in [3.8, 4) is 6.07 Å². The molecular formula is C36H55NO8Si. The number of aldehydes is 1. The van der Waals surface area contributed by atoms with Crippen LogP contribution in [0.5, 0.6) is 0 Å². The van der Waals surface area contributed by atoms with Crippen molar-refractivity contribution in [3.05, 3.63) is 35.9 Å². The van der Waals surface area contributed by atoms with E-state index in [0.717, 1.165) is 19.1 Å². The fraction of sp³-hybridized carbons (Fsp3) is 0.750. The lowest BCUT2D eigenvalue weighted by atomic mass is 9.79. The van der Waals surface area contributed by atoms with Crippen LogP contribution in [-0.4, -0.2) is 82.6 Å². The van der Waals surface area contributed by atoms with E-state index in [4.69, 9.17) is 28.1 Å². The Labute approximate surface area is 276 Å². The molecule has 3 heterocycles. The van der Waals surface area contributed by atoms with Gasteiger partial charge in [0.05, 0.1) is 61.3 Å². The smallest absolute Gasteiger partial charge is 0.338 e. The number of hydrogen-bond acceptors (Lipinski definition) is 9. The van der Waals surface area contributed by atoms with Crippen molar-refractivity contribution < 1.29 is 37.7 Å². The highest BCUT2D eigenvalue weighted by atomic mass is 28.4. The highest BCUT2D eigenvalue weighted by Crippen LogP contribution is 2.48. The predicted molar refractivity (Wildman–Crippen MR) is 177 cm³/mol. The van der Waals surface area contributed by atoms with Crippen LogP contribution in [-0.2, 0) is 32.9 Å². The van der Waals surface area contributed by atoms with Crippen molar-refractivity contribution >= 4 is 20.6 Å². The molecule has 9 atom stereocenters. The van der Waals surface area contributed by atoms with Gasteiger partial charge in [0, 0.05) is 19.4 Å². The van der Waals surface area contributed by atoms with Gasteiger partial charge in [0.15, 0.2) is 0 Å². The minimum absolute atomic E-state index is 0.0426. The number of benzene rings is 1. The molecule has 256 valence electrons. The Kier molecular flexibility index (Phi) is 12.6. The van der Waals surface area contributed by atoms with Gasteiger partial charge in [-0.05, 0) is 61.4 Å². The summed E-state index contributed by atoms with van der Waals surface area (Å²) in [4.78, 5) is 26.1. The Hall–Kier alpha value is -2.13. The summed E-state index contributed by atoms with van der Waals surface area (Å²) < 4.78 is 39.2. The van der Waals surface area contributed by atoms with Gasteiger partial charge in [-0.15, -0.1) is 0 Å². The van der Waals surface area contributed by atoms with E-state index in [1.807, 2.05) is 13.0 Å². The van der Waals surface area contributed by atoms with Gasteiger partial charge in [0.25, 0.3) is 0 Å². The lowest BCUT2D eigenvalue weighted by molar-refractivity contribution is -0.282. The van der Waals surface area contributed by atoms with Gasteiger partial charge in [0.2, 0.25) is 8.32 Å². The number of hydrogen-bond donors (Lipinski definition) is 0. The monoisotopic (exact) mass is 657 g/mol. The lowest BCUT2D eigenvalue weighted by Gasteiger charge is -2.55. The molecule has 9 nitrogen and oxygen atoms in total. The summed E-state index contributed by atoms with van der Waals surface area (Å²) in [6.07, 6.45) is 1.11. The molecule has 0 aliphatic carbocycles. The fourth-order valence-electron chi connectivity index (χ4n) is 8.38. The summed E-state index contributed by atoms with van der Waals surface area (Å²) >= 11 is 0. The van der Waals surface area contributed by atoms with Gasteiger partial charge < -0.3 is 32.9 Å². The van der Waals surface area contributed by atoms with Gasteiger partial charge in [0.1, 0.15) is 18.0 Å². The van der Waals surface area contributed by atoms with Gasteiger partial charge >= 0.3 is 5.97 Å². The van der Waals surface area contributed by atoms with E-state index in [0.29, 0.717) is 31.4 Å². The average molecular weight is 658 g/mol. The number of ether oxygens (including phenoxy) is 5. The molecule has 0 aromatic heterocycles. The van der Waals surface area contributed by atoms with Crippen molar-refractivity contribution in [2.75, 3.05) is 13.7 Å². The molecule has 3 fully saturated rings. The number of methoxy groups -OCH3 is 1. The quantitative estimate of drug-likeness (QED) is 0.136. The van der Waals surface area contributed by atoms with E-state index < -0.39 is 44.3 Å². The summed E-state index contributed by atoms with van der Waals surface area (Å²) in [5, 5.41) is 10.2. The van der Waals surface area contributed by atoms with Crippen LogP contribution in [0.25, 0.3) is 0 Å². The lowest BCUT2D eigenvalue weighted by Crippen LogP contribution is -2.66. The van der Waals surface area contributed by atoms with Crippen molar-refractivity contribution in [2.45, 2.75) is 152 Å². The Balaban J connectivity index is 1.73.